The van der Waals surface area contributed by atoms with Crippen molar-refractivity contribution in [1.82, 2.24) is 0 Å². The average molecular weight is 241 g/mol. The highest BCUT2D eigenvalue weighted by molar-refractivity contribution is 6.37. The summed E-state index contributed by atoms with van der Waals surface area (Å²) in [5.41, 5.74) is 0. The van der Waals surface area contributed by atoms with Gasteiger partial charge in [-0.1, -0.05) is 18.2 Å². The molecule has 0 N–H and O–H groups in total. The molecule has 0 aromatic heterocycles. The monoisotopic (exact) mass is 240 g/mol. The molecule has 0 aliphatic rings. The Labute approximate surface area is 99.4 Å². The number of carbonyl (C=O) groups excluding carboxylic acids is 2. The summed E-state index contributed by atoms with van der Waals surface area (Å²) in [6, 6.07) is 8.91. The zero-order chi connectivity index (χ0) is 11.8. The minimum Gasteiger partial charge on any atom is -0.485 e. The maximum atomic E-state index is 11.3. The Morgan fingerprint density at radius 3 is 2.44 bits per heavy atom. The summed E-state index contributed by atoms with van der Waals surface area (Å²) in [5.74, 6) is 0.0463. The predicted octanol–water partition coefficient (Wildman–Crippen LogP) is 2.22. The molecule has 0 saturated carbocycles. The van der Waals surface area contributed by atoms with E-state index in [1.54, 1.807) is 24.3 Å². The van der Waals surface area contributed by atoms with Crippen LogP contribution in [0.25, 0.3) is 0 Å². The number of carbonyl (C=O) groups is 2. The molecule has 0 aliphatic carbocycles. The van der Waals surface area contributed by atoms with Gasteiger partial charge in [-0.15, -0.1) is 11.6 Å². The highest BCUT2D eigenvalue weighted by Crippen LogP contribution is 2.08. The number of halogens is 1. The van der Waals surface area contributed by atoms with E-state index < -0.39 is 11.6 Å². The predicted molar refractivity (Wildman–Crippen MR) is 61.9 cm³/mol. The number of hydrogen-bond donors (Lipinski definition) is 0. The molecular weight excluding hydrogens is 228 g/mol. The van der Waals surface area contributed by atoms with Gasteiger partial charge in [-0.05, 0) is 18.6 Å². The van der Waals surface area contributed by atoms with Crippen molar-refractivity contribution in [2.45, 2.75) is 12.8 Å². The Hall–Kier alpha value is -1.35. The van der Waals surface area contributed by atoms with Crippen molar-refractivity contribution in [3.8, 4) is 5.75 Å². The fraction of sp³-hybridized carbons (Fsp3) is 0.333. The van der Waals surface area contributed by atoms with E-state index >= 15 is 0 Å². The van der Waals surface area contributed by atoms with E-state index in [2.05, 4.69) is 0 Å². The Balaban J connectivity index is 2.32. The minimum absolute atomic E-state index is 0.195. The molecule has 1 aromatic carbocycles. The lowest BCUT2D eigenvalue weighted by atomic mass is 10.2. The lowest BCUT2D eigenvalue weighted by Crippen LogP contribution is -2.21. The number of para-hydroxylation sites is 1. The van der Waals surface area contributed by atoms with Crippen LogP contribution in [0.3, 0.4) is 0 Å². The molecule has 0 radical (unpaired) electrons. The van der Waals surface area contributed by atoms with Crippen LogP contribution in [0.2, 0.25) is 0 Å². The Bertz CT molecular complexity index is 349. The molecular formula is C12H13ClO3. The van der Waals surface area contributed by atoms with Gasteiger partial charge >= 0.3 is 0 Å². The van der Waals surface area contributed by atoms with Crippen molar-refractivity contribution in [3.05, 3.63) is 30.3 Å². The van der Waals surface area contributed by atoms with Gasteiger partial charge in [0.05, 0.1) is 0 Å². The molecule has 4 heteroatoms. The van der Waals surface area contributed by atoms with Crippen LogP contribution in [0.15, 0.2) is 30.3 Å². The quantitative estimate of drug-likeness (QED) is 0.542. The second kappa shape index (κ2) is 7.01. The molecule has 0 spiro atoms. The first-order valence-electron chi connectivity index (χ1n) is 5.04. The van der Waals surface area contributed by atoms with Gasteiger partial charge in [-0.25, -0.2) is 0 Å². The maximum Gasteiger partial charge on any atom is 0.235 e. The lowest BCUT2D eigenvalue weighted by molar-refractivity contribution is -0.137. The number of alkyl halides is 1. The number of benzene rings is 1. The molecule has 1 aromatic rings. The summed E-state index contributed by atoms with van der Waals surface area (Å²) in [4.78, 5) is 22.5. The first-order valence-corrected chi connectivity index (χ1v) is 5.57. The average Bonchev–Trinajstić information content (AvgIpc) is 2.34. The number of hydrogen-bond acceptors (Lipinski definition) is 3. The first-order chi connectivity index (χ1) is 7.74. The third-order valence-electron chi connectivity index (χ3n) is 1.96. The number of Topliss-reactive ketones (excluding diaryl/α,β-unsaturated/α-hetero) is 2. The van der Waals surface area contributed by atoms with Gasteiger partial charge in [-0.2, -0.15) is 0 Å². The number of rotatable bonds is 7. The molecule has 0 aliphatic heterocycles. The Morgan fingerprint density at radius 1 is 1.12 bits per heavy atom. The molecule has 0 heterocycles. The van der Waals surface area contributed by atoms with Gasteiger partial charge in [0.25, 0.3) is 0 Å². The van der Waals surface area contributed by atoms with Crippen molar-refractivity contribution >= 4 is 23.2 Å². The maximum absolute atomic E-state index is 11.3. The van der Waals surface area contributed by atoms with Crippen molar-refractivity contribution < 1.29 is 14.3 Å². The fourth-order valence-electron chi connectivity index (χ4n) is 1.11. The van der Waals surface area contributed by atoms with Gasteiger partial charge in [0, 0.05) is 12.3 Å². The standard InChI is InChI=1S/C12H13ClO3/c13-8-4-7-11(14)12(15)9-16-10-5-2-1-3-6-10/h1-3,5-6H,4,7-9H2. The van der Waals surface area contributed by atoms with Gasteiger partial charge in [0.1, 0.15) is 5.75 Å². The summed E-state index contributed by atoms with van der Waals surface area (Å²) in [5, 5.41) is 0. The summed E-state index contributed by atoms with van der Waals surface area (Å²) in [6.07, 6.45) is 0.720. The van der Waals surface area contributed by atoms with E-state index in [0.29, 0.717) is 18.1 Å². The molecule has 16 heavy (non-hydrogen) atoms. The summed E-state index contributed by atoms with van der Waals surface area (Å²) in [6.45, 7) is -0.203. The molecule has 3 nitrogen and oxygen atoms in total. The zero-order valence-electron chi connectivity index (χ0n) is 8.82. The van der Waals surface area contributed by atoms with E-state index in [0.717, 1.165) is 0 Å². The van der Waals surface area contributed by atoms with Crippen LogP contribution < -0.4 is 4.74 Å². The van der Waals surface area contributed by atoms with E-state index in [1.165, 1.54) is 0 Å². The molecule has 86 valence electrons. The van der Waals surface area contributed by atoms with Crippen molar-refractivity contribution in [3.63, 3.8) is 0 Å². The third kappa shape index (κ3) is 4.45. The zero-order valence-corrected chi connectivity index (χ0v) is 9.57. The third-order valence-corrected chi connectivity index (χ3v) is 2.23. The normalized spacial score (nSPS) is 9.81. The molecule has 0 bridgehead atoms. The van der Waals surface area contributed by atoms with E-state index in [1.807, 2.05) is 6.07 Å². The molecule has 0 saturated heterocycles. The van der Waals surface area contributed by atoms with E-state index in [9.17, 15) is 9.59 Å². The van der Waals surface area contributed by atoms with Crippen LogP contribution in [0, 0.1) is 0 Å². The fourth-order valence-corrected chi connectivity index (χ4v) is 1.25. The van der Waals surface area contributed by atoms with Gasteiger partial charge in [0.15, 0.2) is 6.61 Å². The molecule has 1 rings (SSSR count). The molecule has 0 atom stereocenters. The van der Waals surface area contributed by atoms with Gasteiger partial charge < -0.3 is 4.74 Å². The van der Waals surface area contributed by atoms with E-state index in [4.69, 9.17) is 16.3 Å². The summed E-state index contributed by atoms with van der Waals surface area (Å²) < 4.78 is 5.17. The van der Waals surface area contributed by atoms with Crippen molar-refractivity contribution in [2.75, 3.05) is 12.5 Å². The Morgan fingerprint density at radius 2 is 1.81 bits per heavy atom. The minimum atomic E-state index is -0.506. The van der Waals surface area contributed by atoms with Crippen molar-refractivity contribution in [2.24, 2.45) is 0 Å². The van der Waals surface area contributed by atoms with Crippen LogP contribution in [-0.2, 0) is 9.59 Å². The van der Waals surface area contributed by atoms with Crippen LogP contribution in [0.4, 0.5) is 0 Å². The Kier molecular flexibility index (Phi) is 5.57. The first kappa shape index (κ1) is 12.7. The van der Waals surface area contributed by atoms with Crippen LogP contribution >= 0.6 is 11.6 Å². The lowest BCUT2D eigenvalue weighted by Gasteiger charge is -2.03. The van der Waals surface area contributed by atoms with Crippen molar-refractivity contribution in [1.29, 1.82) is 0 Å². The highest BCUT2D eigenvalue weighted by Gasteiger charge is 2.13. The van der Waals surface area contributed by atoms with Crippen LogP contribution in [0.5, 0.6) is 5.75 Å². The smallest absolute Gasteiger partial charge is 0.235 e. The molecule has 0 amide bonds. The van der Waals surface area contributed by atoms with Crippen LogP contribution in [-0.4, -0.2) is 24.1 Å². The summed E-state index contributed by atoms with van der Waals surface area (Å²) in [7, 11) is 0. The second-order valence-corrected chi connectivity index (χ2v) is 3.62. The SMILES string of the molecule is O=C(CCCCl)C(=O)COc1ccccc1. The molecule has 0 fully saturated rings. The molecule has 0 unspecified atom stereocenters. The van der Waals surface area contributed by atoms with E-state index in [-0.39, 0.29) is 13.0 Å². The number of ether oxygens (including phenoxy) is 1. The summed E-state index contributed by atoms with van der Waals surface area (Å²) >= 11 is 5.43. The highest BCUT2D eigenvalue weighted by atomic mass is 35.5. The van der Waals surface area contributed by atoms with Crippen LogP contribution in [0.1, 0.15) is 12.8 Å². The largest absolute Gasteiger partial charge is 0.485 e. The second-order valence-electron chi connectivity index (χ2n) is 3.24. The van der Waals surface area contributed by atoms with Gasteiger partial charge in [-0.3, -0.25) is 9.59 Å². The topological polar surface area (TPSA) is 43.4 Å². The number of ketones is 2. The van der Waals surface area contributed by atoms with Gasteiger partial charge in [0.2, 0.25) is 11.6 Å².